The minimum Gasteiger partial charge on any atom is -0.473 e. The first-order valence-corrected chi connectivity index (χ1v) is 13.6. The van der Waals surface area contributed by atoms with Gasteiger partial charge >= 0.3 is 5.97 Å². The number of pyridine rings is 1. The van der Waals surface area contributed by atoms with Gasteiger partial charge in [0.1, 0.15) is 24.8 Å². The molecular weight excluding hydrogens is 557 g/mol. The molecule has 6 rings (SSSR count). The molecule has 1 aliphatic rings. The van der Waals surface area contributed by atoms with Gasteiger partial charge in [0.25, 0.3) is 0 Å². The number of nitrogens with zero attached hydrogens (tertiary/aromatic N) is 4. The van der Waals surface area contributed by atoms with Crippen molar-refractivity contribution in [3.8, 4) is 23.2 Å². The third kappa shape index (κ3) is 6.06. The van der Waals surface area contributed by atoms with E-state index in [4.69, 9.17) is 14.7 Å². The molecule has 0 saturated heterocycles. The van der Waals surface area contributed by atoms with Gasteiger partial charge < -0.3 is 14.0 Å². The second-order valence-electron chi connectivity index (χ2n) is 10.7. The number of esters is 1. The van der Waals surface area contributed by atoms with Crippen molar-refractivity contribution in [1.29, 1.82) is 5.26 Å². The molecule has 1 saturated carbocycles. The molecular formula is C33H25F3N4O3. The molecule has 5 aromatic rings. The molecule has 0 radical (unpaired) electrons. The number of benzene rings is 3. The lowest BCUT2D eigenvalue weighted by Crippen LogP contribution is -2.12. The van der Waals surface area contributed by atoms with E-state index in [-0.39, 0.29) is 53.4 Å². The van der Waals surface area contributed by atoms with Crippen LogP contribution >= 0.6 is 0 Å². The summed E-state index contributed by atoms with van der Waals surface area (Å²) in [5.41, 5.74) is 2.97. The summed E-state index contributed by atoms with van der Waals surface area (Å²) >= 11 is 0. The summed E-state index contributed by atoms with van der Waals surface area (Å²) in [5, 5.41) is 8.89. The van der Waals surface area contributed by atoms with Gasteiger partial charge in [-0.2, -0.15) is 5.26 Å². The molecule has 0 N–H and O–H groups in total. The van der Waals surface area contributed by atoms with Crippen molar-refractivity contribution in [2.45, 2.75) is 32.6 Å². The van der Waals surface area contributed by atoms with Gasteiger partial charge in [-0.3, -0.25) is 4.39 Å². The first-order valence-electron chi connectivity index (χ1n) is 13.6. The van der Waals surface area contributed by atoms with Gasteiger partial charge in [0.05, 0.1) is 46.9 Å². The molecule has 10 heteroatoms. The zero-order valence-electron chi connectivity index (χ0n) is 22.9. The number of fused-ring (bicyclic) bond motifs is 1. The zero-order valence-corrected chi connectivity index (χ0v) is 22.9. The number of ether oxygens (including phenoxy) is 2. The normalized spacial score (nSPS) is 13.4. The van der Waals surface area contributed by atoms with Crippen molar-refractivity contribution < 1.29 is 27.4 Å². The van der Waals surface area contributed by atoms with E-state index in [0.717, 1.165) is 24.4 Å². The highest BCUT2D eigenvalue weighted by atomic mass is 19.1. The second-order valence-corrected chi connectivity index (χ2v) is 10.7. The topological polar surface area (TPSA) is 90.0 Å². The summed E-state index contributed by atoms with van der Waals surface area (Å²) in [6.45, 7) is -0.190. The molecule has 0 spiro atoms. The van der Waals surface area contributed by atoms with Crippen LogP contribution in [0.5, 0.6) is 5.88 Å². The lowest BCUT2D eigenvalue weighted by molar-refractivity contribution is 0.0469. The van der Waals surface area contributed by atoms with E-state index < -0.39 is 17.6 Å². The molecule has 1 fully saturated rings. The number of hydrogen-bond donors (Lipinski definition) is 0. The predicted molar refractivity (Wildman–Crippen MR) is 152 cm³/mol. The van der Waals surface area contributed by atoms with E-state index in [0.29, 0.717) is 23.3 Å². The van der Waals surface area contributed by atoms with Gasteiger partial charge in [-0.25, -0.2) is 23.5 Å². The fraction of sp³-hybridized carbons (Fsp3) is 0.212. The molecule has 1 aliphatic carbocycles. The zero-order chi connectivity index (χ0) is 30.0. The second kappa shape index (κ2) is 11.6. The van der Waals surface area contributed by atoms with E-state index in [1.807, 2.05) is 10.6 Å². The molecule has 7 nitrogen and oxygen atoms in total. The number of nitriles is 1. The van der Waals surface area contributed by atoms with Gasteiger partial charge in [-0.05, 0) is 55.3 Å². The minimum atomic E-state index is -0.618. The Kier molecular flexibility index (Phi) is 7.55. The SMILES string of the molecule is N#Cc1ccc(COc2cccc(-c3ccc(COC(=O)c4ccc5c(c4)ncn5CC4(CF)CC4)c(F)c3)n2)c(F)c1. The van der Waals surface area contributed by atoms with Crippen LogP contribution in [0.25, 0.3) is 22.3 Å². The average Bonchev–Trinajstić information content (AvgIpc) is 3.70. The number of alkyl halides is 1. The van der Waals surface area contributed by atoms with E-state index >= 15 is 0 Å². The molecule has 216 valence electrons. The Labute approximate surface area is 245 Å². The van der Waals surface area contributed by atoms with Gasteiger partial charge in [0.2, 0.25) is 5.88 Å². The molecule has 3 aromatic carbocycles. The highest BCUT2D eigenvalue weighted by Crippen LogP contribution is 2.47. The maximum Gasteiger partial charge on any atom is 0.338 e. The van der Waals surface area contributed by atoms with Crippen molar-refractivity contribution in [3.05, 3.63) is 113 Å². The van der Waals surface area contributed by atoms with Crippen molar-refractivity contribution in [2.75, 3.05) is 6.67 Å². The van der Waals surface area contributed by atoms with Crippen LogP contribution in [-0.2, 0) is 24.5 Å². The number of halogens is 3. The summed E-state index contributed by atoms with van der Waals surface area (Å²) in [6.07, 6.45) is 3.36. The molecule has 0 unspecified atom stereocenters. The fourth-order valence-electron chi connectivity index (χ4n) is 4.78. The van der Waals surface area contributed by atoms with E-state index in [1.54, 1.807) is 48.8 Å². The van der Waals surface area contributed by atoms with Crippen molar-refractivity contribution in [1.82, 2.24) is 14.5 Å². The van der Waals surface area contributed by atoms with Crippen LogP contribution in [0, 0.1) is 28.4 Å². The fourth-order valence-corrected chi connectivity index (χ4v) is 4.78. The number of imidazole rings is 1. The molecule has 2 aromatic heterocycles. The van der Waals surface area contributed by atoms with Crippen molar-refractivity contribution in [2.24, 2.45) is 5.41 Å². The Balaban J connectivity index is 1.08. The third-order valence-electron chi connectivity index (χ3n) is 7.59. The largest absolute Gasteiger partial charge is 0.473 e. The van der Waals surface area contributed by atoms with Crippen LogP contribution in [0.4, 0.5) is 13.2 Å². The van der Waals surface area contributed by atoms with E-state index in [2.05, 4.69) is 9.97 Å². The van der Waals surface area contributed by atoms with Crippen LogP contribution < -0.4 is 4.74 Å². The van der Waals surface area contributed by atoms with Crippen LogP contribution in [-0.4, -0.2) is 27.2 Å². The molecule has 0 amide bonds. The molecule has 0 aliphatic heterocycles. The Bertz CT molecular complexity index is 1880. The van der Waals surface area contributed by atoms with Gasteiger partial charge in [0, 0.05) is 34.7 Å². The molecule has 43 heavy (non-hydrogen) atoms. The van der Waals surface area contributed by atoms with Crippen molar-refractivity contribution >= 4 is 17.0 Å². The lowest BCUT2D eigenvalue weighted by atomic mass is 10.1. The first-order chi connectivity index (χ1) is 20.9. The summed E-state index contributed by atoms with van der Waals surface area (Å²) in [4.78, 5) is 21.5. The van der Waals surface area contributed by atoms with Gasteiger partial charge in [-0.1, -0.05) is 24.3 Å². The van der Waals surface area contributed by atoms with Crippen molar-refractivity contribution in [3.63, 3.8) is 0 Å². The van der Waals surface area contributed by atoms with Gasteiger partial charge in [-0.15, -0.1) is 0 Å². The Hall–Kier alpha value is -5.17. The van der Waals surface area contributed by atoms with Crippen LogP contribution in [0.1, 0.15) is 39.9 Å². The smallest absolute Gasteiger partial charge is 0.338 e. The number of rotatable bonds is 10. The van der Waals surface area contributed by atoms with E-state index in [9.17, 15) is 18.0 Å². The summed E-state index contributed by atoms with van der Waals surface area (Å²) in [7, 11) is 0. The molecule has 2 heterocycles. The summed E-state index contributed by atoms with van der Waals surface area (Å²) < 4.78 is 55.4. The number of carbonyl (C=O) groups excluding carboxylic acids is 1. The summed E-state index contributed by atoms with van der Waals surface area (Å²) in [5.74, 6) is -1.53. The number of hydrogen-bond acceptors (Lipinski definition) is 6. The minimum absolute atomic E-state index is 0.0959. The standard InChI is InChI=1S/C33H25F3N4O3/c34-18-33(10-11-33)19-40-20-38-29-14-23(8-9-30(29)40)32(41)43-17-25-7-6-22(13-27(25)36)28-2-1-3-31(39-28)42-16-24-5-4-21(15-37)12-26(24)35/h1-9,12-14,20H,10-11,16-19H2. The highest BCUT2D eigenvalue weighted by molar-refractivity contribution is 5.93. The van der Waals surface area contributed by atoms with E-state index in [1.165, 1.54) is 24.3 Å². The Morgan fingerprint density at radius 1 is 0.977 bits per heavy atom. The Morgan fingerprint density at radius 2 is 1.77 bits per heavy atom. The Morgan fingerprint density at radius 3 is 2.51 bits per heavy atom. The highest BCUT2D eigenvalue weighted by Gasteiger charge is 2.43. The number of aromatic nitrogens is 3. The number of carbonyl (C=O) groups is 1. The maximum absolute atomic E-state index is 15.0. The van der Waals surface area contributed by atoms with Crippen LogP contribution in [0.2, 0.25) is 0 Å². The van der Waals surface area contributed by atoms with Crippen LogP contribution in [0.15, 0.2) is 79.1 Å². The maximum atomic E-state index is 15.0. The molecule has 0 atom stereocenters. The lowest BCUT2D eigenvalue weighted by Gasteiger charge is -2.12. The van der Waals surface area contributed by atoms with Crippen LogP contribution in [0.3, 0.4) is 0 Å². The quantitative estimate of drug-likeness (QED) is 0.166. The predicted octanol–water partition coefficient (Wildman–Crippen LogP) is 6.93. The van der Waals surface area contributed by atoms with Gasteiger partial charge in [0.15, 0.2) is 0 Å². The summed E-state index contributed by atoms with van der Waals surface area (Å²) in [6, 6.07) is 20.4. The first kappa shape index (κ1) is 28.0. The monoisotopic (exact) mass is 582 g/mol. The average molecular weight is 583 g/mol. The third-order valence-corrected chi connectivity index (χ3v) is 7.59. The molecule has 0 bridgehead atoms.